The van der Waals surface area contributed by atoms with Crippen molar-refractivity contribution in [3.05, 3.63) is 40.6 Å². The second-order valence-electron chi connectivity index (χ2n) is 5.43. The van der Waals surface area contributed by atoms with Gasteiger partial charge in [0.1, 0.15) is 4.99 Å². The first-order chi connectivity index (χ1) is 9.61. The molecular weight excluding hydrogens is 266 g/mol. The van der Waals surface area contributed by atoms with Gasteiger partial charge in [0.2, 0.25) is 0 Å². The van der Waals surface area contributed by atoms with Crippen molar-refractivity contribution in [3.8, 4) is 0 Å². The first-order valence-electron chi connectivity index (χ1n) is 7.03. The van der Waals surface area contributed by atoms with E-state index in [1.165, 1.54) is 16.8 Å². The molecule has 0 aliphatic carbocycles. The van der Waals surface area contributed by atoms with E-state index in [4.69, 9.17) is 22.9 Å². The van der Waals surface area contributed by atoms with Gasteiger partial charge in [-0.25, -0.2) is 0 Å². The van der Waals surface area contributed by atoms with E-state index in [2.05, 4.69) is 37.1 Å². The van der Waals surface area contributed by atoms with Crippen LogP contribution in [0.25, 0.3) is 10.9 Å². The predicted molar refractivity (Wildman–Crippen MR) is 87.0 cm³/mol. The van der Waals surface area contributed by atoms with Gasteiger partial charge in [-0.15, -0.1) is 0 Å². The SMILES string of the molecule is CCc1cccc2c(C(N)=S)c3c(nc12)CCN(C)C3. The van der Waals surface area contributed by atoms with Gasteiger partial charge in [0.05, 0.1) is 5.52 Å². The van der Waals surface area contributed by atoms with Crippen LogP contribution in [0, 0.1) is 0 Å². The minimum atomic E-state index is 0.484. The number of aromatic nitrogens is 1. The number of pyridine rings is 1. The molecule has 1 aliphatic heterocycles. The van der Waals surface area contributed by atoms with Gasteiger partial charge in [-0.1, -0.05) is 37.3 Å². The lowest BCUT2D eigenvalue weighted by molar-refractivity contribution is 0.310. The van der Waals surface area contributed by atoms with Gasteiger partial charge in [-0.05, 0) is 24.6 Å². The standard InChI is InChI=1S/C16H19N3S/c1-3-10-5-4-6-11-14(16(17)20)12-9-19(2)8-7-13(12)18-15(10)11/h4-6H,3,7-9H2,1-2H3,(H2,17,20). The molecule has 1 aliphatic rings. The summed E-state index contributed by atoms with van der Waals surface area (Å²) in [5, 5.41) is 1.10. The molecule has 0 atom stereocenters. The van der Waals surface area contributed by atoms with Gasteiger partial charge in [0, 0.05) is 36.2 Å². The number of hydrogen-bond acceptors (Lipinski definition) is 3. The summed E-state index contributed by atoms with van der Waals surface area (Å²) < 4.78 is 0. The van der Waals surface area contributed by atoms with Gasteiger partial charge in [0.25, 0.3) is 0 Å². The molecule has 20 heavy (non-hydrogen) atoms. The van der Waals surface area contributed by atoms with E-state index in [9.17, 15) is 0 Å². The highest BCUT2D eigenvalue weighted by Crippen LogP contribution is 2.29. The molecule has 2 aromatic rings. The normalized spacial score (nSPS) is 15.3. The Morgan fingerprint density at radius 1 is 1.45 bits per heavy atom. The Kier molecular flexibility index (Phi) is 3.44. The Hall–Kier alpha value is -1.52. The minimum absolute atomic E-state index is 0.484. The van der Waals surface area contributed by atoms with Crippen LogP contribution in [0.1, 0.15) is 29.3 Å². The highest BCUT2D eigenvalue weighted by atomic mass is 32.1. The second kappa shape index (κ2) is 5.11. The minimum Gasteiger partial charge on any atom is -0.389 e. The molecule has 2 heterocycles. The van der Waals surface area contributed by atoms with Crippen LogP contribution in [-0.4, -0.2) is 28.5 Å². The van der Waals surface area contributed by atoms with E-state index < -0.39 is 0 Å². The van der Waals surface area contributed by atoms with Crippen molar-refractivity contribution in [1.82, 2.24) is 9.88 Å². The molecule has 1 aromatic heterocycles. The molecule has 104 valence electrons. The molecular formula is C16H19N3S. The van der Waals surface area contributed by atoms with Crippen molar-refractivity contribution >= 4 is 28.1 Å². The van der Waals surface area contributed by atoms with Crippen molar-refractivity contribution in [2.75, 3.05) is 13.6 Å². The van der Waals surface area contributed by atoms with Crippen molar-refractivity contribution in [2.45, 2.75) is 26.3 Å². The number of aryl methyl sites for hydroxylation is 1. The number of benzene rings is 1. The molecule has 0 saturated heterocycles. The lowest BCUT2D eigenvalue weighted by atomic mass is 9.94. The molecule has 4 heteroatoms. The van der Waals surface area contributed by atoms with E-state index in [0.717, 1.165) is 42.4 Å². The summed E-state index contributed by atoms with van der Waals surface area (Å²) in [6, 6.07) is 6.30. The van der Waals surface area contributed by atoms with Crippen LogP contribution >= 0.6 is 12.2 Å². The number of nitrogens with zero attached hydrogens (tertiary/aromatic N) is 2. The molecule has 3 rings (SSSR count). The summed E-state index contributed by atoms with van der Waals surface area (Å²) in [6.45, 7) is 4.07. The first kappa shape index (κ1) is 13.5. The smallest absolute Gasteiger partial charge is 0.105 e. The molecule has 0 fully saturated rings. The Labute approximate surface area is 124 Å². The lowest BCUT2D eigenvalue weighted by Crippen LogP contribution is -2.30. The number of fused-ring (bicyclic) bond motifs is 2. The van der Waals surface area contributed by atoms with E-state index in [-0.39, 0.29) is 0 Å². The van der Waals surface area contributed by atoms with Crippen LogP contribution in [0.3, 0.4) is 0 Å². The third-order valence-corrected chi connectivity index (χ3v) is 4.28. The van der Waals surface area contributed by atoms with Crippen molar-refractivity contribution in [1.29, 1.82) is 0 Å². The number of para-hydroxylation sites is 1. The van der Waals surface area contributed by atoms with Gasteiger partial charge in [-0.2, -0.15) is 0 Å². The second-order valence-corrected chi connectivity index (χ2v) is 5.87. The topological polar surface area (TPSA) is 42.1 Å². The average molecular weight is 285 g/mol. The molecule has 0 saturated carbocycles. The molecule has 0 unspecified atom stereocenters. The monoisotopic (exact) mass is 285 g/mol. The summed E-state index contributed by atoms with van der Waals surface area (Å²) in [4.78, 5) is 7.70. The molecule has 2 N–H and O–H groups in total. The first-order valence-corrected chi connectivity index (χ1v) is 7.44. The summed E-state index contributed by atoms with van der Waals surface area (Å²) >= 11 is 5.32. The van der Waals surface area contributed by atoms with Crippen LogP contribution in [0.4, 0.5) is 0 Å². The molecule has 0 amide bonds. The van der Waals surface area contributed by atoms with Crippen LogP contribution < -0.4 is 5.73 Å². The Balaban J connectivity index is 2.38. The highest BCUT2D eigenvalue weighted by Gasteiger charge is 2.22. The zero-order valence-electron chi connectivity index (χ0n) is 11.9. The van der Waals surface area contributed by atoms with Crippen molar-refractivity contribution in [2.24, 2.45) is 5.73 Å². The molecule has 1 aromatic carbocycles. The Morgan fingerprint density at radius 2 is 2.25 bits per heavy atom. The summed E-state index contributed by atoms with van der Waals surface area (Å²) in [7, 11) is 2.12. The average Bonchev–Trinajstić information content (AvgIpc) is 2.43. The number of thiocarbonyl (C=S) groups is 1. The van der Waals surface area contributed by atoms with Gasteiger partial charge >= 0.3 is 0 Å². The Morgan fingerprint density at radius 3 is 2.95 bits per heavy atom. The molecule has 0 bridgehead atoms. The number of rotatable bonds is 2. The lowest BCUT2D eigenvalue weighted by Gasteiger charge is -2.27. The van der Waals surface area contributed by atoms with E-state index >= 15 is 0 Å². The zero-order chi connectivity index (χ0) is 14.3. The predicted octanol–water partition coefficient (Wildman–Crippen LogP) is 2.42. The van der Waals surface area contributed by atoms with Crippen molar-refractivity contribution in [3.63, 3.8) is 0 Å². The quantitative estimate of drug-likeness (QED) is 0.861. The maximum absolute atomic E-state index is 6.03. The number of hydrogen-bond donors (Lipinski definition) is 1. The zero-order valence-corrected chi connectivity index (χ0v) is 12.8. The summed E-state index contributed by atoms with van der Waals surface area (Å²) in [5.41, 5.74) is 11.8. The number of likely N-dealkylation sites (N-methyl/N-ethyl adjacent to an activating group) is 1. The maximum atomic E-state index is 6.03. The highest BCUT2D eigenvalue weighted by molar-refractivity contribution is 7.80. The molecule has 3 nitrogen and oxygen atoms in total. The molecule has 0 radical (unpaired) electrons. The van der Waals surface area contributed by atoms with Crippen LogP contribution in [0.2, 0.25) is 0 Å². The van der Waals surface area contributed by atoms with E-state index in [0.29, 0.717) is 4.99 Å². The Bertz CT molecular complexity index is 694. The van der Waals surface area contributed by atoms with Crippen LogP contribution in [-0.2, 0) is 19.4 Å². The fraction of sp³-hybridized carbons (Fsp3) is 0.375. The fourth-order valence-corrected chi connectivity index (χ4v) is 3.26. The van der Waals surface area contributed by atoms with Crippen molar-refractivity contribution < 1.29 is 0 Å². The summed E-state index contributed by atoms with van der Waals surface area (Å²) in [5.74, 6) is 0. The van der Waals surface area contributed by atoms with E-state index in [1.54, 1.807) is 0 Å². The van der Waals surface area contributed by atoms with Crippen LogP contribution in [0.5, 0.6) is 0 Å². The number of nitrogens with two attached hydrogens (primary N) is 1. The third-order valence-electron chi connectivity index (χ3n) is 4.07. The van der Waals surface area contributed by atoms with Crippen LogP contribution in [0.15, 0.2) is 18.2 Å². The largest absolute Gasteiger partial charge is 0.389 e. The summed E-state index contributed by atoms with van der Waals surface area (Å²) in [6.07, 6.45) is 1.94. The van der Waals surface area contributed by atoms with Gasteiger partial charge < -0.3 is 10.6 Å². The fourth-order valence-electron chi connectivity index (χ4n) is 3.02. The van der Waals surface area contributed by atoms with Gasteiger partial charge in [0.15, 0.2) is 0 Å². The molecule has 0 spiro atoms. The van der Waals surface area contributed by atoms with Gasteiger partial charge in [-0.3, -0.25) is 4.98 Å². The third kappa shape index (κ3) is 2.09. The van der Waals surface area contributed by atoms with E-state index in [1.807, 2.05) is 0 Å². The maximum Gasteiger partial charge on any atom is 0.105 e.